The summed E-state index contributed by atoms with van der Waals surface area (Å²) in [5.41, 5.74) is 0.966. The number of likely N-dealkylation sites (N-methyl/N-ethyl adjacent to an activating group) is 1. The van der Waals surface area contributed by atoms with Crippen molar-refractivity contribution < 1.29 is 19.1 Å². The zero-order valence-corrected chi connectivity index (χ0v) is 13.8. The van der Waals surface area contributed by atoms with E-state index in [1.165, 1.54) is 18.1 Å². The molecule has 1 aromatic rings. The second kappa shape index (κ2) is 7.64. The standard InChI is InChI=1S/C17H23NO4/c1-17(2,3)22-16(20)18(4)12-14(11-15(19)21-5)13-9-7-6-8-10-13/h6-11H,12H2,1-5H3/b14-11-. The van der Waals surface area contributed by atoms with Crippen molar-refractivity contribution in [2.75, 3.05) is 20.7 Å². The fraction of sp³-hybridized carbons (Fsp3) is 0.412. The van der Waals surface area contributed by atoms with E-state index in [1.807, 2.05) is 30.3 Å². The molecule has 1 rings (SSSR count). The fourth-order valence-electron chi connectivity index (χ4n) is 1.73. The third-order valence-electron chi connectivity index (χ3n) is 2.75. The van der Waals surface area contributed by atoms with E-state index in [0.717, 1.165) is 5.56 Å². The molecule has 0 spiro atoms. The molecule has 1 aromatic carbocycles. The minimum Gasteiger partial charge on any atom is -0.466 e. The van der Waals surface area contributed by atoms with Gasteiger partial charge >= 0.3 is 12.1 Å². The first-order valence-electron chi connectivity index (χ1n) is 7.01. The normalized spacial score (nSPS) is 11.8. The second-order valence-corrected chi connectivity index (χ2v) is 5.90. The zero-order chi connectivity index (χ0) is 16.8. The predicted molar refractivity (Wildman–Crippen MR) is 85.3 cm³/mol. The van der Waals surface area contributed by atoms with Gasteiger partial charge < -0.3 is 14.4 Å². The molecule has 5 nitrogen and oxygen atoms in total. The zero-order valence-electron chi connectivity index (χ0n) is 13.8. The number of carbonyl (C=O) groups is 2. The van der Waals surface area contributed by atoms with Crippen molar-refractivity contribution >= 4 is 17.6 Å². The topological polar surface area (TPSA) is 55.8 Å². The average molecular weight is 305 g/mol. The molecule has 1 amide bonds. The highest BCUT2D eigenvalue weighted by atomic mass is 16.6. The van der Waals surface area contributed by atoms with Crippen molar-refractivity contribution in [1.29, 1.82) is 0 Å². The molecule has 120 valence electrons. The van der Waals surface area contributed by atoms with Gasteiger partial charge in [0.25, 0.3) is 0 Å². The minimum atomic E-state index is -0.565. The molecule has 0 aliphatic rings. The van der Waals surface area contributed by atoms with Crippen molar-refractivity contribution in [1.82, 2.24) is 4.90 Å². The van der Waals surface area contributed by atoms with Gasteiger partial charge in [-0.05, 0) is 31.9 Å². The first-order valence-corrected chi connectivity index (χ1v) is 7.01. The van der Waals surface area contributed by atoms with Gasteiger partial charge in [-0.2, -0.15) is 0 Å². The van der Waals surface area contributed by atoms with Crippen molar-refractivity contribution in [2.45, 2.75) is 26.4 Å². The smallest absolute Gasteiger partial charge is 0.410 e. The van der Waals surface area contributed by atoms with E-state index >= 15 is 0 Å². The van der Waals surface area contributed by atoms with Crippen molar-refractivity contribution in [3.05, 3.63) is 42.0 Å². The van der Waals surface area contributed by atoms with Crippen LogP contribution in [-0.4, -0.2) is 43.3 Å². The summed E-state index contributed by atoms with van der Waals surface area (Å²) in [6, 6.07) is 9.37. The van der Waals surface area contributed by atoms with Crippen LogP contribution in [0.25, 0.3) is 5.57 Å². The van der Waals surface area contributed by atoms with Crippen LogP contribution < -0.4 is 0 Å². The Hall–Kier alpha value is -2.30. The summed E-state index contributed by atoms with van der Waals surface area (Å²) in [5, 5.41) is 0. The van der Waals surface area contributed by atoms with Crippen molar-refractivity contribution in [3.8, 4) is 0 Å². The van der Waals surface area contributed by atoms with Crippen LogP contribution >= 0.6 is 0 Å². The maximum absolute atomic E-state index is 12.0. The van der Waals surface area contributed by atoms with E-state index in [-0.39, 0.29) is 6.54 Å². The SMILES string of the molecule is COC(=O)/C=C(/CN(C)C(=O)OC(C)(C)C)c1ccccc1. The quantitative estimate of drug-likeness (QED) is 0.633. The Labute approximate surface area is 131 Å². The lowest BCUT2D eigenvalue weighted by Crippen LogP contribution is -2.35. The Morgan fingerprint density at radius 2 is 1.77 bits per heavy atom. The van der Waals surface area contributed by atoms with Gasteiger partial charge in [0, 0.05) is 19.7 Å². The molecule has 0 saturated heterocycles. The number of ether oxygens (including phenoxy) is 2. The summed E-state index contributed by atoms with van der Waals surface area (Å²) >= 11 is 0. The number of amides is 1. The highest BCUT2D eigenvalue weighted by molar-refractivity contribution is 5.92. The Balaban J connectivity index is 2.93. The summed E-state index contributed by atoms with van der Waals surface area (Å²) in [6.45, 7) is 5.66. The Kier molecular flexibility index (Phi) is 6.16. The van der Waals surface area contributed by atoms with Gasteiger partial charge in [0.05, 0.1) is 7.11 Å². The molecule has 0 heterocycles. The molecular formula is C17H23NO4. The molecule has 0 bridgehead atoms. The van der Waals surface area contributed by atoms with Crippen LogP contribution in [0.2, 0.25) is 0 Å². The maximum Gasteiger partial charge on any atom is 0.410 e. The Morgan fingerprint density at radius 3 is 2.27 bits per heavy atom. The van der Waals surface area contributed by atoms with Crippen LogP contribution in [0.4, 0.5) is 4.79 Å². The van der Waals surface area contributed by atoms with E-state index in [0.29, 0.717) is 5.57 Å². The van der Waals surface area contributed by atoms with E-state index in [2.05, 4.69) is 4.74 Å². The molecule has 0 radical (unpaired) electrons. The first kappa shape index (κ1) is 17.8. The molecule has 0 aliphatic carbocycles. The average Bonchev–Trinajstić information content (AvgIpc) is 2.45. The third kappa shape index (κ3) is 5.99. The summed E-state index contributed by atoms with van der Waals surface area (Å²) in [4.78, 5) is 25.0. The van der Waals surface area contributed by atoms with Gasteiger partial charge in [0.15, 0.2) is 0 Å². The van der Waals surface area contributed by atoms with Crippen molar-refractivity contribution in [3.63, 3.8) is 0 Å². The van der Waals surface area contributed by atoms with Gasteiger partial charge in [-0.15, -0.1) is 0 Å². The van der Waals surface area contributed by atoms with Gasteiger partial charge in [0.2, 0.25) is 0 Å². The number of hydrogen-bond acceptors (Lipinski definition) is 4. The molecule has 0 aliphatic heterocycles. The lowest BCUT2D eigenvalue weighted by atomic mass is 10.1. The molecule has 22 heavy (non-hydrogen) atoms. The number of hydrogen-bond donors (Lipinski definition) is 0. The monoisotopic (exact) mass is 305 g/mol. The van der Waals surface area contributed by atoms with Crippen LogP contribution in [0.5, 0.6) is 0 Å². The summed E-state index contributed by atoms with van der Waals surface area (Å²) in [5.74, 6) is -0.462. The lowest BCUT2D eigenvalue weighted by molar-refractivity contribution is -0.134. The van der Waals surface area contributed by atoms with E-state index in [4.69, 9.17) is 4.74 Å². The number of rotatable bonds is 4. The number of nitrogens with zero attached hydrogens (tertiary/aromatic N) is 1. The summed E-state index contributed by atoms with van der Waals surface area (Å²) in [6.07, 6.45) is 0.940. The van der Waals surface area contributed by atoms with Gasteiger partial charge in [-0.25, -0.2) is 9.59 Å². The van der Waals surface area contributed by atoms with Crippen molar-refractivity contribution in [2.24, 2.45) is 0 Å². The third-order valence-corrected chi connectivity index (χ3v) is 2.75. The first-order chi connectivity index (χ1) is 10.2. The molecule has 0 atom stereocenters. The fourth-order valence-corrected chi connectivity index (χ4v) is 1.73. The van der Waals surface area contributed by atoms with Gasteiger partial charge in [-0.1, -0.05) is 30.3 Å². The second-order valence-electron chi connectivity index (χ2n) is 5.90. The van der Waals surface area contributed by atoms with Crippen LogP contribution in [0.15, 0.2) is 36.4 Å². The van der Waals surface area contributed by atoms with Crippen LogP contribution in [-0.2, 0) is 14.3 Å². The van der Waals surface area contributed by atoms with Crippen LogP contribution in [0, 0.1) is 0 Å². The molecule has 0 fully saturated rings. The summed E-state index contributed by atoms with van der Waals surface area (Å²) in [7, 11) is 2.95. The number of methoxy groups -OCH3 is 1. The highest BCUT2D eigenvalue weighted by Crippen LogP contribution is 2.17. The van der Waals surface area contributed by atoms with E-state index in [9.17, 15) is 9.59 Å². The molecule has 0 N–H and O–H groups in total. The number of benzene rings is 1. The lowest BCUT2D eigenvalue weighted by Gasteiger charge is -2.25. The largest absolute Gasteiger partial charge is 0.466 e. The molecule has 0 unspecified atom stereocenters. The number of carbonyl (C=O) groups excluding carboxylic acids is 2. The van der Waals surface area contributed by atoms with Crippen LogP contribution in [0.1, 0.15) is 26.3 Å². The molecule has 0 aromatic heterocycles. The molecule has 5 heteroatoms. The van der Waals surface area contributed by atoms with Crippen LogP contribution in [0.3, 0.4) is 0 Å². The Morgan fingerprint density at radius 1 is 1.18 bits per heavy atom. The van der Waals surface area contributed by atoms with E-state index < -0.39 is 17.7 Å². The van der Waals surface area contributed by atoms with Gasteiger partial charge in [-0.3, -0.25) is 0 Å². The summed E-state index contributed by atoms with van der Waals surface area (Å²) < 4.78 is 9.99. The van der Waals surface area contributed by atoms with Gasteiger partial charge in [0.1, 0.15) is 5.60 Å². The van der Waals surface area contributed by atoms with E-state index in [1.54, 1.807) is 27.8 Å². The minimum absolute atomic E-state index is 0.244. The molecule has 0 saturated carbocycles. The Bertz CT molecular complexity index is 544. The predicted octanol–water partition coefficient (Wildman–Crippen LogP) is 3.11. The molecular weight excluding hydrogens is 282 g/mol. The number of esters is 1. The maximum atomic E-state index is 12.0. The highest BCUT2D eigenvalue weighted by Gasteiger charge is 2.20.